The van der Waals surface area contributed by atoms with Crippen LogP contribution in [0, 0.1) is 17.8 Å². The molecular formula is C13H16BrNOS. The first kappa shape index (κ1) is 11.7. The highest BCUT2D eigenvalue weighted by Crippen LogP contribution is 2.48. The van der Waals surface area contributed by atoms with Gasteiger partial charge in [-0.25, -0.2) is 0 Å². The molecule has 2 saturated carbocycles. The maximum Gasteiger partial charge on any atom is 0.223 e. The second-order valence-corrected chi connectivity index (χ2v) is 7.14. The molecule has 17 heavy (non-hydrogen) atoms. The summed E-state index contributed by atoms with van der Waals surface area (Å²) in [5.74, 6) is 2.10. The van der Waals surface area contributed by atoms with E-state index in [0.717, 1.165) is 16.8 Å². The van der Waals surface area contributed by atoms with Gasteiger partial charge >= 0.3 is 0 Å². The lowest BCUT2D eigenvalue weighted by Crippen LogP contribution is -2.33. The van der Waals surface area contributed by atoms with Gasteiger partial charge in [-0.15, -0.1) is 11.3 Å². The predicted molar refractivity (Wildman–Crippen MR) is 72.8 cm³/mol. The summed E-state index contributed by atoms with van der Waals surface area (Å²) in [7, 11) is 0. The molecule has 2 bridgehead atoms. The van der Waals surface area contributed by atoms with Crippen molar-refractivity contribution in [1.82, 2.24) is 5.32 Å². The lowest BCUT2D eigenvalue weighted by Gasteiger charge is -2.20. The van der Waals surface area contributed by atoms with E-state index in [-0.39, 0.29) is 5.91 Å². The Hall–Kier alpha value is -0.350. The number of fused-ring (bicyclic) bond motifs is 2. The zero-order valence-corrected chi connectivity index (χ0v) is 12.0. The minimum atomic E-state index is 0.279. The first-order chi connectivity index (χ1) is 8.22. The first-order valence-electron chi connectivity index (χ1n) is 6.23. The fourth-order valence-corrected chi connectivity index (χ4v) is 4.71. The molecule has 1 aromatic rings. The molecule has 0 saturated heterocycles. The standard InChI is InChI=1S/C13H16BrNOS/c14-10-5-11(17-7-10)6-15-13(16)12-4-8-1-2-9(12)3-8/h5,7-9,12H,1-4,6H2,(H,15,16). The average Bonchev–Trinajstić information content (AvgIpc) is 3.01. The van der Waals surface area contributed by atoms with Crippen LogP contribution >= 0.6 is 27.3 Å². The fraction of sp³-hybridized carbons (Fsp3) is 0.615. The van der Waals surface area contributed by atoms with E-state index in [2.05, 4.69) is 32.7 Å². The molecule has 0 aliphatic heterocycles. The number of carbonyl (C=O) groups is 1. The Morgan fingerprint density at radius 1 is 1.47 bits per heavy atom. The van der Waals surface area contributed by atoms with Crippen LogP contribution < -0.4 is 5.32 Å². The molecule has 0 spiro atoms. The van der Waals surface area contributed by atoms with Crippen LogP contribution in [0.1, 0.15) is 30.6 Å². The van der Waals surface area contributed by atoms with Crippen molar-refractivity contribution in [2.24, 2.45) is 17.8 Å². The summed E-state index contributed by atoms with van der Waals surface area (Å²) in [6.45, 7) is 0.684. The second kappa shape index (κ2) is 4.73. The van der Waals surface area contributed by atoms with Crippen molar-refractivity contribution < 1.29 is 4.79 Å². The quantitative estimate of drug-likeness (QED) is 0.908. The van der Waals surface area contributed by atoms with Crippen molar-refractivity contribution in [1.29, 1.82) is 0 Å². The van der Waals surface area contributed by atoms with Gasteiger partial charge in [0.25, 0.3) is 0 Å². The molecule has 0 radical (unpaired) electrons. The van der Waals surface area contributed by atoms with Crippen LogP contribution in [0.5, 0.6) is 0 Å². The molecule has 1 amide bonds. The topological polar surface area (TPSA) is 29.1 Å². The largest absolute Gasteiger partial charge is 0.351 e. The molecule has 1 aromatic heterocycles. The van der Waals surface area contributed by atoms with E-state index in [9.17, 15) is 4.79 Å². The third kappa shape index (κ3) is 2.43. The highest BCUT2D eigenvalue weighted by atomic mass is 79.9. The number of hydrogen-bond donors (Lipinski definition) is 1. The molecule has 4 heteroatoms. The van der Waals surface area contributed by atoms with Gasteiger partial charge in [0.15, 0.2) is 0 Å². The van der Waals surface area contributed by atoms with Gasteiger partial charge in [-0.1, -0.05) is 6.42 Å². The van der Waals surface area contributed by atoms with Crippen LogP contribution in [-0.4, -0.2) is 5.91 Å². The smallest absolute Gasteiger partial charge is 0.223 e. The molecule has 3 atom stereocenters. The van der Waals surface area contributed by atoms with Crippen LogP contribution in [0.2, 0.25) is 0 Å². The third-order valence-electron chi connectivity index (χ3n) is 4.13. The van der Waals surface area contributed by atoms with E-state index in [1.807, 2.05) is 0 Å². The molecule has 2 fully saturated rings. The van der Waals surface area contributed by atoms with E-state index < -0.39 is 0 Å². The van der Waals surface area contributed by atoms with Crippen LogP contribution in [0.25, 0.3) is 0 Å². The van der Waals surface area contributed by atoms with Crippen LogP contribution in [0.15, 0.2) is 15.9 Å². The van der Waals surface area contributed by atoms with Gasteiger partial charge in [-0.3, -0.25) is 4.79 Å². The summed E-state index contributed by atoms with van der Waals surface area (Å²) < 4.78 is 1.10. The molecule has 3 rings (SSSR count). The van der Waals surface area contributed by atoms with Crippen molar-refractivity contribution in [3.05, 3.63) is 20.8 Å². The maximum absolute atomic E-state index is 12.1. The summed E-state index contributed by atoms with van der Waals surface area (Å²) in [4.78, 5) is 13.3. The SMILES string of the molecule is O=C(NCc1cc(Br)cs1)C1CC2CCC1C2. The number of hydrogen-bond acceptors (Lipinski definition) is 2. The number of nitrogens with one attached hydrogen (secondary N) is 1. The zero-order chi connectivity index (χ0) is 11.8. The molecule has 92 valence electrons. The van der Waals surface area contributed by atoms with E-state index >= 15 is 0 Å². The molecular weight excluding hydrogens is 298 g/mol. The average molecular weight is 314 g/mol. The van der Waals surface area contributed by atoms with Gasteiger partial charge in [0.2, 0.25) is 5.91 Å². The normalized spacial score (nSPS) is 30.8. The Bertz CT molecular complexity index is 431. The van der Waals surface area contributed by atoms with Crippen molar-refractivity contribution in [3.63, 3.8) is 0 Å². The van der Waals surface area contributed by atoms with Crippen molar-refractivity contribution in [3.8, 4) is 0 Å². The Labute approximate surface area is 114 Å². The molecule has 3 unspecified atom stereocenters. The first-order valence-corrected chi connectivity index (χ1v) is 7.90. The zero-order valence-electron chi connectivity index (χ0n) is 9.62. The maximum atomic E-state index is 12.1. The second-order valence-electron chi connectivity index (χ2n) is 5.23. The summed E-state index contributed by atoms with van der Waals surface area (Å²) in [5, 5.41) is 5.14. The summed E-state index contributed by atoms with van der Waals surface area (Å²) >= 11 is 5.12. The molecule has 0 aromatic carbocycles. The Morgan fingerprint density at radius 2 is 2.35 bits per heavy atom. The van der Waals surface area contributed by atoms with Crippen molar-refractivity contribution >= 4 is 33.2 Å². The van der Waals surface area contributed by atoms with Gasteiger partial charge in [0, 0.05) is 20.6 Å². The van der Waals surface area contributed by atoms with Crippen molar-refractivity contribution in [2.45, 2.75) is 32.2 Å². The minimum absolute atomic E-state index is 0.279. The van der Waals surface area contributed by atoms with Gasteiger partial charge in [-0.05, 0) is 53.1 Å². The lowest BCUT2D eigenvalue weighted by molar-refractivity contribution is -0.126. The molecule has 2 aliphatic rings. The van der Waals surface area contributed by atoms with Crippen LogP contribution in [0.4, 0.5) is 0 Å². The van der Waals surface area contributed by atoms with Gasteiger partial charge in [0.05, 0.1) is 6.54 Å². The fourth-order valence-electron chi connectivity index (χ4n) is 3.32. The molecule has 1 N–H and O–H groups in total. The minimum Gasteiger partial charge on any atom is -0.351 e. The van der Waals surface area contributed by atoms with Gasteiger partial charge in [0.1, 0.15) is 0 Å². The van der Waals surface area contributed by atoms with Gasteiger partial charge < -0.3 is 5.32 Å². The molecule has 2 aliphatic carbocycles. The summed E-state index contributed by atoms with van der Waals surface area (Å²) in [6, 6.07) is 2.08. The molecule has 1 heterocycles. The number of carbonyl (C=O) groups excluding carboxylic acids is 1. The number of thiophene rings is 1. The summed E-state index contributed by atoms with van der Waals surface area (Å²) in [5.41, 5.74) is 0. The van der Waals surface area contributed by atoms with E-state index in [1.54, 1.807) is 11.3 Å². The lowest BCUT2D eigenvalue weighted by atomic mass is 9.88. The Kier molecular flexibility index (Phi) is 3.26. The van der Waals surface area contributed by atoms with Crippen molar-refractivity contribution in [2.75, 3.05) is 0 Å². The predicted octanol–water partition coefficient (Wildman–Crippen LogP) is 3.56. The third-order valence-corrected chi connectivity index (χ3v) is 5.83. The number of rotatable bonds is 3. The highest BCUT2D eigenvalue weighted by molar-refractivity contribution is 9.10. The molecule has 2 nitrogen and oxygen atoms in total. The van der Waals surface area contributed by atoms with E-state index in [0.29, 0.717) is 18.4 Å². The van der Waals surface area contributed by atoms with E-state index in [1.165, 1.54) is 24.1 Å². The number of amides is 1. The number of halogens is 1. The van der Waals surface area contributed by atoms with Crippen LogP contribution in [0.3, 0.4) is 0 Å². The summed E-state index contributed by atoms with van der Waals surface area (Å²) in [6.07, 6.45) is 5.05. The van der Waals surface area contributed by atoms with Gasteiger partial charge in [-0.2, -0.15) is 0 Å². The van der Waals surface area contributed by atoms with Crippen LogP contribution in [-0.2, 0) is 11.3 Å². The van der Waals surface area contributed by atoms with E-state index in [4.69, 9.17) is 0 Å². The Balaban J connectivity index is 1.54. The monoisotopic (exact) mass is 313 g/mol. The highest BCUT2D eigenvalue weighted by Gasteiger charge is 2.42. The Morgan fingerprint density at radius 3 is 2.94 bits per heavy atom.